The van der Waals surface area contributed by atoms with E-state index in [-0.39, 0.29) is 12.1 Å². The number of piperidine rings is 1. The summed E-state index contributed by atoms with van der Waals surface area (Å²) < 4.78 is 6.52. The van der Waals surface area contributed by atoms with Crippen LogP contribution in [-0.4, -0.2) is 36.6 Å². The minimum absolute atomic E-state index is 0.0369. The van der Waals surface area contributed by atoms with Crippen LogP contribution >= 0.6 is 15.9 Å². The molecule has 2 rings (SSSR count). The lowest BCUT2D eigenvalue weighted by atomic mass is 10.1. The highest BCUT2D eigenvalue weighted by molar-refractivity contribution is 9.10. The average molecular weight is 312 g/mol. The maximum atomic E-state index is 12.0. The summed E-state index contributed by atoms with van der Waals surface area (Å²) in [5.74, 6) is -0.217. The molecule has 1 atom stereocenters. The van der Waals surface area contributed by atoms with Gasteiger partial charge >= 0.3 is 5.97 Å². The summed E-state index contributed by atoms with van der Waals surface area (Å²) >= 11 is 3.35. The molecule has 1 aromatic carbocycles. The Morgan fingerprint density at radius 1 is 1.44 bits per heavy atom. The van der Waals surface area contributed by atoms with Gasteiger partial charge in [0.05, 0.1) is 5.56 Å². The Labute approximate surface area is 116 Å². The fourth-order valence-electron chi connectivity index (χ4n) is 2.20. The van der Waals surface area contributed by atoms with Crippen molar-refractivity contribution in [3.05, 3.63) is 34.3 Å². The van der Waals surface area contributed by atoms with E-state index < -0.39 is 0 Å². The second kappa shape index (κ2) is 6.34. The molecule has 4 heteroatoms. The van der Waals surface area contributed by atoms with Crippen molar-refractivity contribution in [2.45, 2.75) is 25.9 Å². The number of likely N-dealkylation sites (N-methyl/N-ethyl adjacent to an activating group) is 1. The third-order valence-electron chi connectivity index (χ3n) is 3.26. The third-order valence-corrected chi connectivity index (χ3v) is 3.79. The molecule has 0 spiro atoms. The van der Waals surface area contributed by atoms with Crippen molar-refractivity contribution < 1.29 is 9.53 Å². The molecule has 3 nitrogen and oxygen atoms in total. The number of benzene rings is 1. The highest BCUT2D eigenvalue weighted by Crippen LogP contribution is 2.16. The highest BCUT2D eigenvalue weighted by atomic mass is 79.9. The van der Waals surface area contributed by atoms with Crippen molar-refractivity contribution in [2.75, 3.05) is 19.6 Å². The van der Waals surface area contributed by atoms with E-state index in [1.807, 2.05) is 12.1 Å². The first-order valence-electron chi connectivity index (χ1n) is 6.38. The lowest BCUT2D eigenvalue weighted by molar-refractivity contribution is 0.00774. The van der Waals surface area contributed by atoms with Gasteiger partial charge in [0.25, 0.3) is 0 Å². The molecule has 1 heterocycles. The number of nitrogens with zero attached hydrogens (tertiary/aromatic N) is 1. The number of hydrogen-bond donors (Lipinski definition) is 0. The number of carbonyl (C=O) groups excluding carboxylic acids is 1. The fraction of sp³-hybridized carbons (Fsp3) is 0.500. The Morgan fingerprint density at radius 3 is 2.83 bits per heavy atom. The molecule has 1 aromatic rings. The predicted octanol–water partition coefficient (Wildman–Crippen LogP) is 3.09. The summed E-state index contributed by atoms with van der Waals surface area (Å²) in [5, 5.41) is 0. The SMILES string of the molecule is CCN1CCC[C@@H](OC(=O)c2ccc(Br)cc2)C1. The summed E-state index contributed by atoms with van der Waals surface area (Å²) in [6.45, 7) is 5.13. The predicted molar refractivity (Wildman–Crippen MR) is 74.7 cm³/mol. The third kappa shape index (κ3) is 3.56. The van der Waals surface area contributed by atoms with Crippen LogP contribution in [0.3, 0.4) is 0 Å². The second-order valence-electron chi connectivity index (χ2n) is 4.57. The van der Waals surface area contributed by atoms with Crippen molar-refractivity contribution in [3.63, 3.8) is 0 Å². The van der Waals surface area contributed by atoms with Gasteiger partial charge in [0, 0.05) is 11.0 Å². The molecule has 0 amide bonds. The lowest BCUT2D eigenvalue weighted by Gasteiger charge is -2.31. The standard InChI is InChI=1S/C14H18BrNO2/c1-2-16-9-3-4-13(10-16)18-14(17)11-5-7-12(15)8-6-11/h5-8,13H,2-4,9-10H2,1H3/t13-/m1/s1. The van der Waals surface area contributed by atoms with E-state index in [0.29, 0.717) is 5.56 Å². The van der Waals surface area contributed by atoms with Crippen molar-refractivity contribution in [3.8, 4) is 0 Å². The van der Waals surface area contributed by atoms with Crippen LogP contribution in [0.4, 0.5) is 0 Å². The monoisotopic (exact) mass is 311 g/mol. The smallest absolute Gasteiger partial charge is 0.338 e. The second-order valence-corrected chi connectivity index (χ2v) is 5.49. The number of ether oxygens (including phenoxy) is 1. The van der Waals surface area contributed by atoms with Crippen LogP contribution in [0, 0.1) is 0 Å². The van der Waals surface area contributed by atoms with Crippen LogP contribution < -0.4 is 0 Å². The maximum Gasteiger partial charge on any atom is 0.338 e. The van der Waals surface area contributed by atoms with Gasteiger partial charge in [-0.1, -0.05) is 22.9 Å². The van der Waals surface area contributed by atoms with E-state index >= 15 is 0 Å². The number of esters is 1. The molecule has 0 bridgehead atoms. The Bertz CT molecular complexity index is 405. The summed E-state index contributed by atoms with van der Waals surface area (Å²) in [6, 6.07) is 7.28. The Kier molecular flexibility index (Phi) is 4.78. The molecule has 1 fully saturated rings. The zero-order valence-electron chi connectivity index (χ0n) is 10.6. The van der Waals surface area contributed by atoms with Crippen molar-refractivity contribution >= 4 is 21.9 Å². The minimum atomic E-state index is -0.217. The molecule has 0 aliphatic carbocycles. The van der Waals surface area contributed by atoms with Gasteiger partial charge in [-0.15, -0.1) is 0 Å². The molecular weight excluding hydrogens is 294 g/mol. The molecule has 0 N–H and O–H groups in total. The molecule has 18 heavy (non-hydrogen) atoms. The van der Waals surface area contributed by atoms with Gasteiger partial charge in [0.1, 0.15) is 6.10 Å². The van der Waals surface area contributed by atoms with E-state index in [4.69, 9.17) is 4.74 Å². The van der Waals surface area contributed by atoms with Gasteiger partial charge < -0.3 is 4.74 Å². The van der Waals surface area contributed by atoms with Crippen LogP contribution in [0.5, 0.6) is 0 Å². The normalized spacial score (nSPS) is 20.7. The molecule has 98 valence electrons. The summed E-state index contributed by atoms with van der Waals surface area (Å²) in [4.78, 5) is 14.3. The quantitative estimate of drug-likeness (QED) is 0.803. The average Bonchev–Trinajstić information content (AvgIpc) is 2.39. The van der Waals surface area contributed by atoms with E-state index in [2.05, 4.69) is 27.8 Å². The van der Waals surface area contributed by atoms with Crippen molar-refractivity contribution in [1.29, 1.82) is 0 Å². The molecule has 1 saturated heterocycles. The minimum Gasteiger partial charge on any atom is -0.457 e. The van der Waals surface area contributed by atoms with E-state index in [1.54, 1.807) is 12.1 Å². The topological polar surface area (TPSA) is 29.5 Å². The van der Waals surface area contributed by atoms with Crippen LogP contribution in [0.1, 0.15) is 30.1 Å². The van der Waals surface area contributed by atoms with Gasteiger partial charge in [-0.3, -0.25) is 4.90 Å². The lowest BCUT2D eigenvalue weighted by Crippen LogP contribution is -2.40. The molecule has 1 aliphatic rings. The Balaban J connectivity index is 1.92. The first-order chi connectivity index (χ1) is 8.69. The Hall–Kier alpha value is -0.870. The summed E-state index contributed by atoms with van der Waals surface area (Å²) in [5.41, 5.74) is 0.617. The van der Waals surface area contributed by atoms with Gasteiger partial charge in [-0.25, -0.2) is 4.79 Å². The van der Waals surface area contributed by atoms with Crippen LogP contribution in [0.25, 0.3) is 0 Å². The van der Waals surface area contributed by atoms with E-state index in [9.17, 15) is 4.79 Å². The van der Waals surface area contributed by atoms with Crippen LogP contribution in [-0.2, 0) is 4.74 Å². The van der Waals surface area contributed by atoms with E-state index in [1.165, 1.54) is 0 Å². The Morgan fingerprint density at radius 2 is 2.17 bits per heavy atom. The highest BCUT2D eigenvalue weighted by Gasteiger charge is 2.22. The number of likely N-dealkylation sites (tertiary alicyclic amines) is 1. The molecular formula is C14H18BrNO2. The van der Waals surface area contributed by atoms with Gasteiger partial charge in [0.2, 0.25) is 0 Å². The first kappa shape index (κ1) is 13.6. The van der Waals surface area contributed by atoms with Crippen LogP contribution in [0.15, 0.2) is 28.7 Å². The van der Waals surface area contributed by atoms with Crippen LogP contribution in [0.2, 0.25) is 0 Å². The number of hydrogen-bond acceptors (Lipinski definition) is 3. The molecule has 1 aliphatic heterocycles. The summed E-state index contributed by atoms with van der Waals surface area (Å²) in [7, 11) is 0. The molecule has 0 aromatic heterocycles. The van der Waals surface area contributed by atoms with Crippen molar-refractivity contribution in [2.24, 2.45) is 0 Å². The largest absolute Gasteiger partial charge is 0.457 e. The molecule has 0 saturated carbocycles. The van der Waals surface area contributed by atoms with Gasteiger partial charge in [-0.05, 0) is 50.2 Å². The number of halogens is 1. The number of rotatable bonds is 3. The van der Waals surface area contributed by atoms with Gasteiger partial charge in [-0.2, -0.15) is 0 Å². The zero-order chi connectivity index (χ0) is 13.0. The fourth-order valence-corrected chi connectivity index (χ4v) is 2.47. The maximum absolute atomic E-state index is 12.0. The first-order valence-corrected chi connectivity index (χ1v) is 7.17. The van der Waals surface area contributed by atoms with E-state index in [0.717, 1.165) is 36.9 Å². The number of carbonyl (C=O) groups is 1. The summed E-state index contributed by atoms with van der Waals surface area (Å²) in [6.07, 6.45) is 2.11. The molecule has 0 radical (unpaired) electrons. The molecule has 0 unspecified atom stereocenters. The van der Waals surface area contributed by atoms with Gasteiger partial charge in [0.15, 0.2) is 0 Å². The zero-order valence-corrected chi connectivity index (χ0v) is 12.1. The van der Waals surface area contributed by atoms with Crippen molar-refractivity contribution in [1.82, 2.24) is 4.90 Å².